The normalized spacial score (nSPS) is 22.7. The molecular formula is C14H23N3O. The Balaban J connectivity index is 1.93. The molecule has 100 valence electrons. The zero-order valence-electron chi connectivity index (χ0n) is 11.5. The molecular weight excluding hydrogens is 226 g/mol. The highest BCUT2D eigenvalue weighted by molar-refractivity contribution is 5.79. The van der Waals surface area contributed by atoms with Crippen LogP contribution in [0.4, 0.5) is 0 Å². The number of hydrogen-bond acceptors (Lipinski definition) is 2. The molecule has 0 saturated heterocycles. The number of hydrogen-bond donors (Lipinski definition) is 2. The monoisotopic (exact) mass is 249 g/mol. The van der Waals surface area contributed by atoms with Crippen LogP contribution in [0.2, 0.25) is 0 Å². The van der Waals surface area contributed by atoms with E-state index in [0.29, 0.717) is 6.54 Å². The van der Waals surface area contributed by atoms with Crippen molar-refractivity contribution < 1.29 is 4.79 Å². The Labute approximate surface area is 109 Å². The molecule has 0 radical (unpaired) electrons. The van der Waals surface area contributed by atoms with E-state index in [1.54, 1.807) is 6.20 Å². The summed E-state index contributed by atoms with van der Waals surface area (Å²) in [7, 11) is 0. The van der Waals surface area contributed by atoms with Gasteiger partial charge in [0.05, 0.1) is 6.20 Å². The molecule has 1 aliphatic rings. The average Bonchev–Trinajstić information content (AvgIpc) is 2.71. The van der Waals surface area contributed by atoms with Gasteiger partial charge in [-0.15, -0.1) is 0 Å². The van der Waals surface area contributed by atoms with E-state index in [-0.39, 0.29) is 17.2 Å². The molecule has 0 aromatic carbocycles. The maximum atomic E-state index is 12.3. The van der Waals surface area contributed by atoms with Gasteiger partial charge in [0.1, 0.15) is 0 Å². The first-order valence-corrected chi connectivity index (χ1v) is 6.77. The maximum Gasteiger partial charge on any atom is 0.223 e. The van der Waals surface area contributed by atoms with Crippen LogP contribution in [0.1, 0.15) is 50.8 Å². The zero-order chi connectivity index (χ0) is 13.2. The lowest BCUT2D eigenvalue weighted by molar-refractivity contribution is -0.130. The van der Waals surface area contributed by atoms with Gasteiger partial charge < -0.3 is 5.32 Å². The number of aryl methyl sites for hydroxylation is 1. The molecule has 1 aromatic rings. The minimum Gasteiger partial charge on any atom is -0.352 e. The van der Waals surface area contributed by atoms with Gasteiger partial charge >= 0.3 is 0 Å². The first kappa shape index (κ1) is 13.1. The first-order valence-electron chi connectivity index (χ1n) is 6.77. The van der Waals surface area contributed by atoms with Gasteiger partial charge in [-0.25, -0.2) is 0 Å². The van der Waals surface area contributed by atoms with Crippen LogP contribution in [0.15, 0.2) is 6.20 Å². The van der Waals surface area contributed by atoms with Gasteiger partial charge in [-0.05, 0) is 25.2 Å². The Morgan fingerprint density at radius 1 is 1.56 bits per heavy atom. The largest absolute Gasteiger partial charge is 0.352 e. The van der Waals surface area contributed by atoms with Crippen molar-refractivity contribution in [1.29, 1.82) is 0 Å². The van der Waals surface area contributed by atoms with E-state index < -0.39 is 0 Å². The van der Waals surface area contributed by atoms with Crippen molar-refractivity contribution >= 4 is 5.91 Å². The molecule has 18 heavy (non-hydrogen) atoms. The topological polar surface area (TPSA) is 57.8 Å². The number of aromatic amines is 1. The third kappa shape index (κ3) is 2.74. The molecule has 1 atom stereocenters. The summed E-state index contributed by atoms with van der Waals surface area (Å²) < 4.78 is 0. The Morgan fingerprint density at radius 2 is 2.33 bits per heavy atom. The number of aromatic nitrogens is 2. The highest BCUT2D eigenvalue weighted by atomic mass is 16.1. The molecule has 1 heterocycles. The molecule has 2 N–H and O–H groups in total. The molecule has 1 fully saturated rings. The van der Waals surface area contributed by atoms with Crippen molar-refractivity contribution in [3.63, 3.8) is 0 Å². The molecule has 1 saturated carbocycles. The van der Waals surface area contributed by atoms with Gasteiger partial charge in [-0.1, -0.05) is 26.7 Å². The standard InChI is InChI=1S/C14H23N3O/c1-10-11(9-16-17-10)8-15-13(18)12-6-4-5-7-14(12,2)3/h9,12H,4-8H2,1-3H3,(H,15,18)(H,16,17). The van der Waals surface area contributed by atoms with Crippen LogP contribution in [0.3, 0.4) is 0 Å². The Bertz CT molecular complexity index is 422. The molecule has 1 amide bonds. The lowest BCUT2D eigenvalue weighted by Crippen LogP contribution is -2.40. The summed E-state index contributed by atoms with van der Waals surface area (Å²) in [5.74, 6) is 0.346. The van der Waals surface area contributed by atoms with Gasteiger partial charge in [0.25, 0.3) is 0 Å². The SMILES string of the molecule is Cc1[nH]ncc1CNC(=O)C1CCCCC1(C)C. The molecule has 0 aliphatic heterocycles. The second kappa shape index (κ2) is 5.12. The Kier molecular flexibility index (Phi) is 3.73. The quantitative estimate of drug-likeness (QED) is 0.865. The summed E-state index contributed by atoms with van der Waals surface area (Å²) in [6, 6.07) is 0. The minimum atomic E-state index is 0.133. The third-order valence-corrected chi connectivity index (χ3v) is 4.21. The number of carbonyl (C=O) groups excluding carboxylic acids is 1. The molecule has 1 aliphatic carbocycles. The van der Waals surface area contributed by atoms with Crippen molar-refractivity contribution in [1.82, 2.24) is 15.5 Å². The molecule has 4 heteroatoms. The highest BCUT2D eigenvalue weighted by Gasteiger charge is 2.36. The van der Waals surface area contributed by atoms with E-state index in [1.165, 1.54) is 12.8 Å². The molecule has 2 rings (SSSR count). The van der Waals surface area contributed by atoms with Crippen molar-refractivity contribution in [3.05, 3.63) is 17.5 Å². The van der Waals surface area contributed by atoms with E-state index >= 15 is 0 Å². The summed E-state index contributed by atoms with van der Waals surface area (Å²) >= 11 is 0. The third-order valence-electron chi connectivity index (χ3n) is 4.21. The molecule has 0 bridgehead atoms. The number of amides is 1. The molecule has 0 spiro atoms. The summed E-state index contributed by atoms with van der Waals surface area (Å²) in [5, 5.41) is 9.90. The molecule has 1 unspecified atom stereocenters. The molecule has 4 nitrogen and oxygen atoms in total. The van der Waals surface area contributed by atoms with E-state index in [1.807, 2.05) is 6.92 Å². The zero-order valence-corrected chi connectivity index (χ0v) is 11.5. The van der Waals surface area contributed by atoms with E-state index in [9.17, 15) is 4.79 Å². The maximum absolute atomic E-state index is 12.3. The lowest BCUT2D eigenvalue weighted by Gasteiger charge is -2.37. The van der Waals surface area contributed by atoms with Crippen LogP contribution in [-0.2, 0) is 11.3 Å². The van der Waals surface area contributed by atoms with Crippen molar-refractivity contribution in [2.24, 2.45) is 11.3 Å². The van der Waals surface area contributed by atoms with Crippen molar-refractivity contribution in [3.8, 4) is 0 Å². The number of rotatable bonds is 3. The average molecular weight is 249 g/mol. The van der Waals surface area contributed by atoms with E-state index in [2.05, 4.69) is 29.4 Å². The van der Waals surface area contributed by atoms with Crippen molar-refractivity contribution in [2.45, 2.75) is 53.0 Å². The van der Waals surface area contributed by atoms with Crippen LogP contribution in [0, 0.1) is 18.3 Å². The fourth-order valence-electron chi connectivity index (χ4n) is 2.84. The Hall–Kier alpha value is -1.32. The predicted octanol–water partition coefficient (Wildman–Crippen LogP) is 2.55. The number of nitrogens with zero attached hydrogens (tertiary/aromatic N) is 1. The fourth-order valence-corrected chi connectivity index (χ4v) is 2.84. The smallest absolute Gasteiger partial charge is 0.223 e. The van der Waals surface area contributed by atoms with Crippen LogP contribution in [0.25, 0.3) is 0 Å². The van der Waals surface area contributed by atoms with Gasteiger partial charge in [0.2, 0.25) is 5.91 Å². The van der Waals surface area contributed by atoms with E-state index in [0.717, 1.165) is 24.1 Å². The number of nitrogens with one attached hydrogen (secondary N) is 2. The number of H-pyrrole nitrogens is 1. The number of carbonyl (C=O) groups is 1. The van der Waals surface area contributed by atoms with Gasteiger partial charge in [-0.3, -0.25) is 9.89 Å². The van der Waals surface area contributed by atoms with E-state index in [4.69, 9.17) is 0 Å². The van der Waals surface area contributed by atoms with Crippen LogP contribution < -0.4 is 5.32 Å². The van der Waals surface area contributed by atoms with Crippen LogP contribution in [0.5, 0.6) is 0 Å². The second-order valence-electron chi connectivity index (χ2n) is 6.02. The summed E-state index contributed by atoms with van der Waals surface area (Å²) in [6.45, 7) is 6.96. The molecule has 1 aromatic heterocycles. The minimum absolute atomic E-state index is 0.133. The highest BCUT2D eigenvalue weighted by Crippen LogP contribution is 2.40. The lowest BCUT2D eigenvalue weighted by atomic mass is 9.68. The van der Waals surface area contributed by atoms with Crippen molar-refractivity contribution in [2.75, 3.05) is 0 Å². The second-order valence-corrected chi connectivity index (χ2v) is 6.02. The Morgan fingerprint density at radius 3 is 2.94 bits per heavy atom. The summed E-state index contributed by atoms with van der Waals surface area (Å²) in [5.41, 5.74) is 2.23. The first-order chi connectivity index (χ1) is 8.50. The predicted molar refractivity (Wildman–Crippen MR) is 70.9 cm³/mol. The fraction of sp³-hybridized carbons (Fsp3) is 0.714. The van der Waals surface area contributed by atoms with Gasteiger partial charge in [-0.2, -0.15) is 5.10 Å². The van der Waals surface area contributed by atoms with Crippen LogP contribution >= 0.6 is 0 Å². The van der Waals surface area contributed by atoms with Gasteiger partial charge in [0.15, 0.2) is 0 Å². The van der Waals surface area contributed by atoms with Gasteiger partial charge in [0, 0.05) is 23.7 Å². The van der Waals surface area contributed by atoms with Crippen LogP contribution in [-0.4, -0.2) is 16.1 Å². The summed E-state index contributed by atoms with van der Waals surface area (Å²) in [4.78, 5) is 12.3. The summed E-state index contributed by atoms with van der Waals surface area (Å²) in [6.07, 6.45) is 6.37.